The topological polar surface area (TPSA) is 20.2 Å². The third-order valence-electron chi connectivity index (χ3n) is 3.09. The average molecular weight is 261 g/mol. The maximum absolute atomic E-state index is 10.3. The molecular formula is C16H17ClO. The van der Waals surface area contributed by atoms with E-state index in [-0.39, 0.29) is 0 Å². The Morgan fingerprint density at radius 3 is 2.56 bits per heavy atom. The summed E-state index contributed by atoms with van der Waals surface area (Å²) in [5.74, 6) is 0. The van der Waals surface area contributed by atoms with Crippen LogP contribution < -0.4 is 0 Å². The Bertz CT molecular complexity index is 549. The van der Waals surface area contributed by atoms with Crippen LogP contribution in [0, 0.1) is 13.8 Å². The van der Waals surface area contributed by atoms with Gasteiger partial charge >= 0.3 is 0 Å². The van der Waals surface area contributed by atoms with Crippen LogP contribution in [-0.2, 0) is 6.42 Å². The van der Waals surface area contributed by atoms with Crippen LogP contribution in [0.25, 0.3) is 0 Å². The van der Waals surface area contributed by atoms with Gasteiger partial charge in [0.05, 0.1) is 6.10 Å². The number of hydrogen-bond acceptors (Lipinski definition) is 1. The van der Waals surface area contributed by atoms with E-state index in [0.29, 0.717) is 11.4 Å². The first-order valence-corrected chi connectivity index (χ1v) is 6.44. The molecule has 0 aliphatic carbocycles. The van der Waals surface area contributed by atoms with Gasteiger partial charge in [-0.1, -0.05) is 59.6 Å². The number of aliphatic hydroxyl groups is 1. The summed E-state index contributed by atoms with van der Waals surface area (Å²) in [4.78, 5) is 0. The zero-order valence-electron chi connectivity index (χ0n) is 10.7. The van der Waals surface area contributed by atoms with Crippen molar-refractivity contribution in [2.75, 3.05) is 0 Å². The second-order valence-electron chi connectivity index (χ2n) is 4.69. The lowest BCUT2D eigenvalue weighted by Crippen LogP contribution is -2.03. The van der Waals surface area contributed by atoms with E-state index in [2.05, 4.69) is 19.1 Å². The Morgan fingerprint density at radius 1 is 1.11 bits per heavy atom. The van der Waals surface area contributed by atoms with E-state index in [9.17, 15) is 5.11 Å². The molecule has 0 aliphatic heterocycles. The fraction of sp³-hybridized carbons (Fsp3) is 0.250. The van der Waals surface area contributed by atoms with Crippen LogP contribution in [-0.4, -0.2) is 5.11 Å². The molecule has 94 valence electrons. The molecule has 0 aliphatic rings. The summed E-state index contributed by atoms with van der Waals surface area (Å²) >= 11 is 6.23. The molecule has 0 fully saturated rings. The van der Waals surface area contributed by atoms with Gasteiger partial charge in [-0.2, -0.15) is 0 Å². The smallest absolute Gasteiger partial charge is 0.0844 e. The molecule has 2 heteroatoms. The fourth-order valence-corrected chi connectivity index (χ4v) is 2.35. The van der Waals surface area contributed by atoms with Crippen molar-refractivity contribution in [1.82, 2.24) is 0 Å². The minimum absolute atomic E-state index is 0.556. The lowest BCUT2D eigenvalue weighted by atomic mass is 9.99. The van der Waals surface area contributed by atoms with Crippen molar-refractivity contribution >= 4 is 11.6 Å². The summed E-state index contributed by atoms with van der Waals surface area (Å²) < 4.78 is 0. The number of aliphatic hydroxyl groups excluding tert-OH is 1. The molecule has 0 heterocycles. The van der Waals surface area contributed by atoms with Crippen molar-refractivity contribution in [3.63, 3.8) is 0 Å². The molecule has 0 radical (unpaired) electrons. The number of rotatable bonds is 3. The third kappa shape index (κ3) is 2.92. The summed E-state index contributed by atoms with van der Waals surface area (Å²) in [6.45, 7) is 4.00. The van der Waals surface area contributed by atoms with Crippen LogP contribution >= 0.6 is 11.6 Å². The van der Waals surface area contributed by atoms with Crippen LogP contribution in [0.15, 0.2) is 42.5 Å². The van der Waals surface area contributed by atoms with Gasteiger partial charge in [0.25, 0.3) is 0 Å². The molecule has 0 amide bonds. The van der Waals surface area contributed by atoms with E-state index in [1.54, 1.807) is 0 Å². The van der Waals surface area contributed by atoms with Gasteiger partial charge in [-0.15, -0.1) is 0 Å². The molecular weight excluding hydrogens is 244 g/mol. The van der Waals surface area contributed by atoms with E-state index in [1.165, 1.54) is 5.56 Å². The van der Waals surface area contributed by atoms with Crippen LogP contribution in [0.1, 0.15) is 28.4 Å². The highest BCUT2D eigenvalue weighted by molar-refractivity contribution is 6.32. The first-order valence-electron chi connectivity index (χ1n) is 6.06. The average Bonchev–Trinajstić information content (AvgIpc) is 2.32. The van der Waals surface area contributed by atoms with Gasteiger partial charge in [0.2, 0.25) is 0 Å². The van der Waals surface area contributed by atoms with Gasteiger partial charge in [0, 0.05) is 11.4 Å². The van der Waals surface area contributed by atoms with Crippen LogP contribution in [0.4, 0.5) is 0 Å². The van der Waals surface area contributed by atoms with Crippen molar-refractivity contribution in [3.05, 3.63) is 69.7 Å². The maximum Gasteiger partial charge on any atom is 0.0844 e. The van der Waals surface area contributed by atoms with Crippen molar-refractivity contribution in [2.24, 2.45) is 0 Å². The largest absolute Gasteiger partial charge is 0.388 e. The molecule has 18 heavy (non-hydrogen) atoms. The molecule has 2 rings (SSSR count). The molecule has 2 aromatic rings. The quantitative estimate of drug-likeness (QED) is 0.876. The number of hydrogen-bond donors (Lipinski definition) is 1. The highest BCUT2D eigenvalue weighted by Gasteiger charge is 2.13. The van der Waals surface area contributed by atoms with Crippen molar-refractivity contribution in [2.45, 2.75) is 26.4 Å². The van der Waals surface area contributed by atoms with Crippen molar-refractivity contribution < 1.29 is 5.11 Å². The van der Waals surface area contributed by atoms with Gasteiger partial charge in [0.15, 0.2) is 0 Å². The molecule has 0 bridgehead atoms. The monoisotopic (exact) mass is 260 g/mol. The second-order valence-corrected chi connectivity index (χ2v) is 5.07. The van der Waals surface area contributed by atoms with Crippen LogP contribution in [0.3, 0.4) is 0 Å². The Labute approximate surface area is 113 Å². The Hall–Kier alpha value is -1.31. The standard InChI is InChI=1S/C16H17ClO/c1-11-5-3-7-13(9-11)10-15(18)14-8-4-6-12(2)16(14)17/h3-9,15,18H,10H2,1-2H3. The molecule has 1 N–H and O–H groups in total. The molecule has 1 nitrogen and oxygen atoms in total. The van der Waals surface area contributed by atoms with E-state index >= 15 is 0 Å². The zero-order chi connectivity index (χ0) is 13.1. The number of benzene rings is 2. The van der Waals surface area contributed by atoms with Crippen molar-refractivity contribution in [1.29, 1.82) is 0 Å². The van der Waals surface area contributed by atoms with E-state index in [1.807, 2.05) is 37.3 Å². The van der Waals surface area contributed by atoms with Gasteiger partial charge in [-0.05, 0) is 30.5 Å². The SMILES string of the molecule is Cc1cccc(CC(O)c2cccc(C)c2Cl)c1. The summed E-state index contributed by atoms with van der Waals surface area (Å²) in [6.07, 6.45) is 0.0319. The fourth-order valence-electron chi connectivity index (χ4n) is 2.10. The molecule has 1 atom stereocenters. The zero-order valence-corrected chi connectivity index (χ0v) is 11.4. The van der Waals surface area contributed by atoms with Gasteiger partial charge < -0.3 is 5.11 Å². The van der Waals surface area contributed by atoms with Crippen molar-refractivity contribution in [3.8, 4) is 0 Å². The summed E-state index contributed by atoms with van der Waals surface area (Å²) in [7, 11) is 0. The van der Waals surface area contributed by atoms with Gasteiger partial charge in [0.1, 0.15) is 0 Å². The Balaban J connectivity index is 2.22. The van der Waals surface area contributed by atoms with E-state index in [0.717, 1.165) is 16.7 Å². The Morgan fingerprint density at radius 2 is 1.83 bits per heavy atom. The first-order chi connectivity index (χ1) is 8.58. The predicted octanol–water partition coefficient (Wildman–Crippen LogP) is 4.23. The Kier molecular flexibility index (Phi) is 4.05. The second kappa shape index (κ2) is 5.55. The van der Waals surface area contributed by atoms with Crippen LogP contribution in [0.5, 0.6) is 0 Å². The van der Waals surface area contributed by atoms with Crippen LogP contribution in [0.2, 0.25) is 5.02 Å². The van der Waals surface area contributed by atoms with E-state index < -0.39 is 6.10 Å². The number of halogens is 1. The molecule has 0 saturated heterocycles. The molecule has 0 spiro atoms. The molecule has 2 aromatic carbocycles. The molecule has 1 unspecified atom stereocenters. The lowest BCUT2D eigenvalue weighted by molar-refractivity contribution is 0.178. The minimum atomic E-state index is -0.556. The minimum Gasteiger partial charge on any atom is -0.388 e. The van der Waals surface area contributed by atoms with Gasteiger partial charge in [-0.3, -0.25) is 0 Å². The third-order valence-corrected chi connectivity index (χ3v) is 3.61. The van der Waals surface area contributed by atoms with Gasteiger partial charge in [-0.25, -0.2) is 0 Å². The highest BCUT2D eigenvalue weighted by Crippen LogP contribution is 2.28. The highest BCUT2D eigenvalue weighted by atomic mass is 35.5. The predicted molar refractivity (Wildman–Crippen MR) is 76.0 cm³/mol. The normalized spacial score (nSPS) is 12.4. The summed E-state index contributed by atoms with van der Waals surface area (Å²) in [6, 6.07) is 13.9. The lowest BCUT2D eigenvalue weighted by Gasteiger charge is -2.14. The number of aryl methyl sites for hydroxylation is 2. The summed E-state index contributed by atoms with van der Waals surface area (Å²) in [5.41, 5.74) is 4.13. The summed E-state index contributed by atoms with van der Waals surface area (Å²) in [5, 5.41) is 11.0. The first kappa shape index (κ1) is 13.1. The molecule has 0 aromatic heterocycles. The molecule has 0 saturated carbocycles. The van der Waals surface area contributed by atoms with E-state index in [4.69, 9.17) is 11.6 Å². The maximum atomic E-state index is 10.3.